The Morgan fingerprint density at radius 2 is 2.05 bits per heavy atom. The van der Waals surface area contributed by atoms with Gasteiger partial charge in [-0.15, -0.1) is 0 Å². The summed E-state index contributed by atoms with van der Waals surface area (Å²) in [5, 5.41) is 11.8. The van der Waals surface area contributed by atoms with Gasteiger partial charge in [0.25, 0.3) is 11.8 Å². The van der Waals surface area contributed by atoms with Crippen LogP contribution in [0.4, 0.5) is 5.69 Å². The predicted molar refractivity (Wildman–Crippen MR) is 134 cm³/mol. The minimum absolute atomic E-state index is 0.0171. The standard InChI is InChI=1S/C27H32N4O6/c1-17(15-32)11-28-24(33)14-30-13-19-4-5-20(10-22(19)26(30)34)31-9-8-23(27(31)35)37-21-6-7-25(29-12-21)36-16-18-2-3-18/h4-7,10,12,17-18,23,32H,2-3,8-9,11,13-16H2,1H3,(H,28,33)/t17-,23+/m0/s1. The Hall–Kier alpha value is -3.66. The lowest BCUT2D eigenvalue weighted by atomic mass is 10.1. The summed E-state index contributed by atoms with van der Waals surface area (Å²) >= 11 is 0. The number of rotatable bonds is 11. The average molecular weight is 509 g/mol. The van der Waals surface area contributed by atoms with Crippen LogP contribution in [0.2, 0.25) is 0 Å². The molecule has 1 aromatic carbocycles. The van der Waals surface area contributed by atoms with E-state index in [1.807, 2.05) is 19.1 Å². The maximum Gasteiger partial charge on any atom is 0.268 e. The number of hydrogen-bond donors (Lipinski definition) is 2. The van der Waals surface area contributed by atoms with Crippen molar-refractivity contribution < 1.29 is 29.0 Å². The number of amides is 3. The van der Waals surface area contributed by atoms with Crippen molar-refractivity contribution in [2.24, 2.45) is 11.8 Å². The summed E-state index contributed by atoms with van der Waals surface area (Å²) in [7, 11) is 0. The number of benzene rings is 1. The molecule has 37 heavy (non-hydrogen) atoms. The van der Waals surface area contributed by atoms with Crippen molar-refractivity contribution in [2.45, 2.75) is 38.8 Å². The number of ether oxygens (including phenoxy) is 2. The van der Waals surface area contributed by atoms with Gasteiger partial charge in [-0.2, -0.15) is 0 Å². The Kier molecular flexibility index (Phi) is 7.27. The Balaban J connectivity index is 1.17. The highest BCUT2D eigenvalue weighted by Gasteiger charge is 2.36. The number of nitrogens with one attached hydrogen (secondary N) is 1. The molecule has 0 spiro atoms. The van der Waals surface area contributed by atoms with Crippen molar-refractivity contribution in [3.8, 4) is 11.6 Å². The van der Waals surface area contributed by atoms with Gasteiger partial charge in [-0.25, -0.2) is 4.98 Å². The summed E-state index contributed by atoms with van der Waals surface area (Å²) in [6.45, 7) is 3.59. The van der Waals surface area contributed by atoms with E-state index in [9.17, 15) is 14.4 Å². The Morgan fingerprint density at radius 3 is 2.78 bits per heavy atom. The molecule has 2 fully saturated rings. The van der Waals surface area contributed by atoms with Gasteiger partial charge in [0.1, 0.15) is 12.3 Å². The minimum Gasteiger partial charge on any atom is -0.479 e. The highest BCUT2D eigenvalue weighted by atomic mass is 16.5. The van der Waals surface area contributed by atoms with Crippen molar-refractivity contribution >= 4 is 23.4 Å². The maximum atomic E-state index is 13.1. The molecule has 10 heteroatoms. The van der Waals surface area contributed by atoms with Crippen LogP contribution in [0.3, 0.4) is 0 Å². The van der Waals surface area contributed by atoms with Crippen LogP contribution in [-0.4, -0.2) is 71.7 Å². The molecule has 2 aliphatic heterocycles. The molecule has 1 aliphatic carbocycles. The van der Waals surface area contributed by atoms with Gasteiger partial charge in [0.2, 0.25) is 11.8 Å². The zero-order valence-electron chi connectivity index (χ0n) is 20.9. The maximum absolute atomic E-state index is 13.1. The summed E-state index contributed by atoms with van der Waals surface area (Å²) in [5.74, 6) is 0.963. The molecule has 1 saturated heterocycles. The van der Waals surface area contributed by atoms with Crippen molar-refractivity contribution in [3.63, 3.8) is 0 Å². The molecule has 0 radical (unpaired) electrons. The van der Waals surface area contributed by atoms with E-state index in [1.54, 1.807) is 29.3 Å². The van der Waals surface area contributed by atoms with E-state index in [1.165, 1.54) is 17.7 Å². The van der Waals surface area contributed by atoms with Crippen LogP contribution in [0, 0.1) is 11.8 Å². The number of carbonyl (C=O) groups is 3. The fourth-order valence-electron chi connectivity index (χ4n) is 4.42. The number of pyridine rings is 1. The SMILES string of the molecule is C[C@H](CO)CNC(=O)CN1Cc2ccc(N3CC[C@@H](Oc4ccc(OCC5CC5)nc4)C3=O)cc2C1=O. The third-order valence-electron chi connectivity index (χ3n) is 6.89. The Labute approximate surface area is 215 Å². The third kappa shape index (κ3) is 5.85. The number of aliphatic hydroxyl groups is 1. The minimum atomic E-state index is -0.634. The van der Waals surface area contributed by atoms with E-state index < -0.39 is 6.10 Å². The zero-order valence-corrected chi connectivity index (χ0v) is 20.9. The van der Waals surface area contributed by atoms with Gasteiger partial charge in [-0.05, 0) is 48.4 Å². The van der Waals surface area contributed by atoms with Gasteiger partial charge >= 0.3 is 0 Å². The largest absolute Gasteiger partial charge is 0.479 e. The molecule has 0 bridgehead atoms. The number of fused-ring (bicyclic) bond motifs is 1. The molecule has 10 nitrogen and oxygen atoms in total. The number of carbonyl (C=O) groups excluding carboxylic acids is 3. The van der Waals surface area contributed by atoms with Crippen LogP contribution in [0.5, 0.6) is 11.6 Å². The third-order valence-corrected chi connectivity index (χ3v) is 6.89. The average Bonchev–Trinajstić information content (AvgIpc) is 3.61. The lowest BCUT2D eigenvalue weighted by Gasteiger charge is -2.18. The number of aliphatic hydroxyl groups excluding tert-OH is 1. The van der Waals surface area contributed by atoms with Crippen LogP contribution in [0.15, 0.2) is 36.5 Å². The Morgan fingerprint density at radius 1 is 1.22 bits per heavy atom. The highest BCUT2D eigenvalue weighted by Crippen LogP contribution is 2.31. The number of nitrogens with zero attached hydrogens (tertiary/aromatic N) is 3. The molecule has 2 N–H and O–H groups in total. The second-order valence-corrected chi connectivity index (χ2v) is 10.1. The number of aromatic nitrogens is 1. The smallest absolute Gasteiger partial charge is 0.268 e. The lowest BCUT2D eigenvalue weighted by Crippen LogP contribution is -2.39. The first-order valence-electron chi connectivity index (χ1n) is 12.8. The van der Waals surface area contributed by atoms with Crippen LogP contribution >= 0.6 is 0 Å². The fraction of sp³-hybridized carbons (Fsp3) is 0.481. The lowest BCUT2D eigenvalue weighted by molar-refractivity contribution is -0.123. The molecular formula is C27H32N4O6. The van der Waals surface area contributed by atoms with Crippen molar-refractivity contribution in [3.05, 3.63) is 47.7 Å². The van der Waals surface area contributed by atoms with Gasteiger partial charge in [-0.1, -0.05) is 13.0 Å². The topological polar surface area (TPSA) is 121 Å². The molecule has 0 unspecified atom stereocenters. The quantitative estimate of drug-likeness (QED) is 0.474. The molecule has 3 heterocycles. The van der Waals surface area contributed by atoms with Gasteiger partial charge in [0.15, 0.2) is 6.10 Å². The fourth-order valence-corrected chi connectivity index (χ4v) is 4.42. The molecule has 196 valence electrons. The van der Waals surface area contributed by atoms with Gasteiger partial charge in [-0.3, -0.25) is 14.4 Å². The molecule has 1 aromatic heterocycles. The molecule has 5 rings (SSSR count). The summed E-state index contributed by atoms with van der Waals surface area (Å²) in [4.78, 5) is 45.7. The molecule has 3 aliphatic rings. The van der Waals surface area contributed by atoms with Crippen molar-refractivity contribution in [1.29, 1.82) is 0 Å². The van der Waals surface area contributed by atoms with Crippen LogP contribution < -0.4 is 19.7 Å². The van der Waals surface area contributed by atoms with E-state index in [-0.39, 0.29) is 36.8 Å². The second-order valence-electron chi connectivity index (χ2n) is 10.1. The first kappa shape index (κ1) is 25.0. The number of anilines is 1. The van der Waals surface area contributed by atoms with E-state index >= 15 is 0 Å². The molecule has 2 aromatic rings. The second kappa shape index (κ2) is 10.8. The number of hydrogen-bond acceptors (Lipinski definition) is 7. The van der Waals surface area contributed by atoms with E-state index in [2.05, 4.69) is 10.3 Å². The van der Waals surface area contributed by atoms with Crippen molar-refractivity contribution in [2.75, 3.05) is 37.7 Å². The predicted octanol–water partition coefficient (Wildman–Crippen LogP) is 1.76. The van der Waals surface area contributed by atoms with Gasteiger partial charge in [0, 0.05) is 50.0 Å². The molecule has 2 atom stereocenters. The molecule has 1 saturated carbocycles. The monoisotopic (exact) mass is 508 g/mol. The first-order valence-corrected chi connectivity index (χ1v) is 12.8. The zero-order chi connectivity index (χ0) is 25.9. The summed E-state index contributed by atoms with van der Waals surface area (Å²) in [5.41, 5.74) is 1.95. The van der Waals surface area contributed by atoms with Crippen LogP contribution in [-0.2, 0) is 16.1 Å². The van der Waals surface area contributed by atoms with Gasteiger partial charge < -0.3 is 29.7 Å². The van der Waals surface area contributed by atoms with Crippen LogP contribution in [0.1, 0.15) is 42.1 Å². The normalized spacial score (nSPS) is 19.7. The van der Waals surface area contributed by atoms with E-state index in [0.717, 1.165) is 5.56 Å². The molecular weight excluding hydrogens is 476 g/mol. The summed E-state index contributed by atoms with van der Waals surface area (Å²) in [6, 6.07) is 8.89. The molecule has 3 amide bonds. The first-order chi connectivity index (χ1) is 17.9. The van der Waals surface area contributed by atoms with Crippen LogP contribution in [0.25, 0.3) is 0 Å². The Bertz CT molecular complexity index is 1170. The van der Waals surface area contributed by atoms with Crippen molar-refractivity contribution in [1.82, 2.24) is 15.2 Å². The van der Waals surface area contributed by atoms with Gasteiger partial charge in [0.05, 0.1) is 12.8 Å². The highest BCUT2D eigenvalue weighted by molar-refractivity contribution is 6.03. The summed E-state index contributed by atoms with van der Waals surface area (Å²) < 4.78 is 11.6. The van der Waals surface area contributed by atoms with E-state index in [4.69, 9.17) is 14.6 Å². The van der Waals surface area contributed by atoms with E-state index in [0.29, 0.717) is 61.5 Å². The summed E-state index contributed by atoms with van der Waals surface area (Å²) in [6.07, 6.45) is 3.87.